The number of hydrogen-bond donors (Lipinski definition) is 1. The van der Waals surface area contributed by atoms with Crippen molar-refractivity contribution in [2.45, 2.75) is 32.4 Å². The zero-order valence-corrected chi connectivity index (χ0v) is 10.6. The molecule has 1 fully saturated rings. The lowest BCUT2D eigenvalue weighted by molar-refractivity contribution is 0.0664. The first-order valence-electron chi connectivity index (χ1n) is 6.49. The summed E-state index contributed by atoms with van der Waals surface area (Å²) in [5.74, 6) is 0. The molecule has 2 N–H and O–H groups in total. The van der Waals surface area contributed by atoms with Gasteiger partial charge in [-0.15, -0.1) is 0 Å². The number of hydrogen-bond acceptors (Lipinski definition) is 3. The highest BCUT2D eigenvalue weighted by molar-refractivity contribution is 5.48. The molecule has 1 saturated heterocycles. The third kappa shape index (κ3) is 3.20. The Balaban J connectivity index is 2.13. The van der Waals surface area contributed by atoms with Crippen LogP contribution in [0.3, 0.4) is 0 Å². The largest absolute Gasteiger partial charge is 0.376 e. The molecule has 17 heavy (non-hydrogen) atoms. The van der Waals surface area contributed by atoms with E-state index in [0.717, 1.165) is 32.5 Å². The molecule has 1 aromatic rings. The minimum Gasteiger partial charge on any atom is -0.376 e. The van der Waals surface area contributed by atoms with E-state index in [1.165, 1.54) is 11.3 Å². The van der Waals surface area contributed by atoms with E-state index >= 15 is 0 Å². The van der Waals surface area contributed by atoms with Gasteiger partial charge in [-0.1, -0.05) is 19.1 Å². The molecule has 0 aromatic heterocycles. The second-order valence-electron chi connectivity index (χ2n) is 4.57. The van der Waals surface area contributed by atoms with Gasteiger partial charge >= 0.3 is 0 Å². The zero-order valence-electron chi connectivity index (χ0n) is 10.6. The number of rotatable bonds is 3. The van der Waals surface area contributed by atoms with Crippen LogP contribution in [0, 0.1) is 0 Å². The number of nitrogens with zero attached hydrogens (tertiary/aromatic N) is 1. The summed E-state index contributed by atoms with van der Waals surface area (Å²) in [5.41, 5.74) is 8.16. The van der Waals surface area contributed by atoms with E-state index in [1.54, 1.807) is 0 Å². The third-order valence-corrected chi connectivity index (χ3v) is 3.32. The fraction of sp³-hybridized carbons (Fsp3) is 0.571. The summed E-state index contributed by atoms with van der Waals surface area (Å²) in [7, 11) is 0. The average molecular weight is 234 g/mol. The lowest BCUT2D eigenvalue weighted by atomic mass is 10.1. The highest BCUT2D eigenvalue weighted by atomic mass is 16.5. The van der Waals surface area contributed by atoms with E-state index in [0.29, 0.717) is 12.6 Å². The Labute approximate surface area is 104 Å². The molecule has 0 spiro atoms. The van der Waals surface area contributed by atoms with Gasteiger partial charge in [-0.05, 0) is 30.5 Å². The van der Waals surface area contributed by atoms with E-state index in [2.05, 4.69) is 36.1 Å². The van der Waals surface area contributed by atoms with Gasteiger partial charge in [0.25, 0.3) is 0 Å². The van der Waals surface area contributed by atoms with Gasteiger partial charge in [-0.25, -0.2) is 0 Å². The molecular weight excluding hydrogens is 212 g/mol. The maximum Gasteiger partial charge on any atom is 0.0747 e. The lowest BCUT2D eigenvalue weighted by Gasteiger charge is -2.25. The highest BCUT2D eigenvalue weighted by Crippen LogP contribution is 2.20. The molecule has 3 heteroatoms. The molecule has 1 aliphatic rings. The van der Waals surface area contributed by atoms with Crippen LogP contribution in [0.15, 0.2) is 24.3 Å². The molecule has 0 bridgehead atoms. The number of ether oxygens (including phenoxy) is 1. The molecule has 1 aromatic carbocycles. The summed E-state index contributed by atoms with van der Waals surface area (Å²) in [4.78, 5) is 2.42. The Morgan fingerprint density at radius 3 is 3.12 bits per heavy atom. The van der Waals surface area contributed by atoms with Crippen molar-refractivity contribution in [1.29, 1.82) is 0 Å². The summed E-state index contributed by atoms with van der Waals surface area (Å²) in [6, 6.07) is 8.52. The third-order valence-electron chi connectivity index (χ3n) is 3.32. The van der Waals surface area contributed by atoms with Gasteiger partial charge in [0.2, 0.25) is 0 Å². The van der Waals surface area contributed by atoms with Crippen LogP contribution in [0.2, 0.25) is 0 Å². The predicted octanol–water partition coefficient (Wildman–Crippen LogP) is 2.15. The van der Waals surface area contributed by atoms with Crippen molar-refractivity contribution in [3.05, 3.63) is 29.8 Å². The molecule has 2 rings (SSSR count). The molecule has 1 unspecified atom stereocenters. The van der Waals surface area contributed by atoms with Crippen LogP contribution in [0.25, 0.3) is 0 Å². The summed E-state index contributed by atoms with van der Waals surface area (Å²) < 4.78 is 5.79. The summed E-state index contributed by atoms with van der Waals surface area (Å²) >= 11 is 0. The number of anilines is 1. The standard InChI is InChI=1S/C14H22N2O/c1-2-14-11-16(7-4-8-17-14)13-6-3-5-12(9-13)10-15/h3,5-6,9,14H,2,4,7-8,10-11,15H2,1H3. The zero-order chi connectivity index (χ0) is 12.1. The van der Waals surface area contributed by atoms with E-state index in [-0.39, 0.29) is 0 Å². The molecular formula is C14H22N2O. The molecule has 1 heterocycles. The fourth-order valence-electron chi connectivity index (χ4n) is 2.26. The Morgan fingerprint density at radius 1 is 1.47 bits per heavy atom. The molecule has 94 valence electrons. The summed E-state index contributed by atoms with van der Waals surface area (Å²) in [6.45, 7) is 5.74. The second-order valence-corrected chi connectivity index (χ2v) is 4.57. The number of benzene rings is 1. The summed E-state index contributed by atoms with van der Waals surface area (Å²) in [5, 5.41) is 0. The van der Waals surface area contributed by atoms with Crippen LogP contribution in [0.5, 0.6) is 0 Å². The van der Waals surface area contributed by atoms with E-state index in [9.17, 15) is 0 Å². The highest BCUT2D eigenvalue weighted by Gasteiger charge is 2.17. The molecule has 0 radical (unpaired) electrons. The maximum absolute atomic E-state index is 5.79. The fourth-order valence-corrected chi connectivity index (χ4v) is 2.26. The summed E-state index contributed by atoms with van der Waals surface area (Å²) in [6.07, 6.45) is 2.54. The van der Waals surface area contributed by atoms with E-state index in [4.69, 9.17) is 10.5 Å². The van der Waals surface area contributed by atoms with Crippen LogP contribution in [0.4, 0.5) is 5.69 Å². The first-order valence-corrected chi connectivity index (χ1v) is 6.49. The first kappa shape index (κ1) is 12.4. The van der Waals surface area contributed by atoms with Gasteiger partial charge < -0.3 is 15.4 Å². The van der Waals surface area contributed by atoms with Gasteiger partial charge in [-0.3, -0.25) is 0 Å². The van der Waals surface area contributed by atoms with E-state index < -0.39 is 0 Å². The van der Waals surface area contributed by atoms with Gasteiger partial charge in [0.05, 0.1) is 6.10 Å². The van der Waals surface area contributed by atoms with Crippen molar-refractivity contribution < 1.29 is 4.74 Å². The Kier molecular flexibility index (Phi) is 4.40. The number of nitrogens with two attached hydrogens (primary N) is 1. The molecule has 1 atom stereocenters. The Hall–Kier alpha value is -1.06. The Morgan fingerprint density at radius 2 is 2.35 bits per heavy atom. The molecule has 1 aliphatic heterocycles. The minimum atomic E-state index is 0.360. The topological polar surface area (TPSA) is 38.5 Å². The van der Waals surface area contributed by atoms with Gasteiger partial charge in [-0.2, -0.15) is 0 Å². The smallest absolute Gasteiger partial charge is 0.0747 e. The normalized spacial score (nSPS) is 21.3. The van der Waals surface area contributed by atoms with Crippen molar-refractivity contribution in [1.82, 2.24) is 0 Å². The van der Waals surface area contributed by atoms with Crippen LogP contribution < -0.4 is 10.6 Å². The Bertz CT molecular complexity index is 354. The van der Waals surface area contributed by atoms with Gasteiger partial charge in [0.1, 0.15) is 0 Å². The molecule has 0 amide bonds. The van der Waals surface area contributed by atoms with Crippen LogP contribution in [0.1, 0.15) is 25.3 Å². The van der Waals surface area contributed by atoms with Gasteiger partial charge in [0, 0.05) is 31.9 Å². The monoisotopic (exact) mass is 234 g/mol. The van der Waals surface area contributed by atoms with Crippen molar-refractivity contribution in [3.8, 4) is 0 Å². The minimum absolute atomic E-state index is 0.360. The van der Waals surface area contributed by atoms with Crippen molar-refractivity contribution >= 4 is 5.69 Å². The quantitative estimate of drug-likeness (QED) is 0.871. The van der Waals surface area contributed by atoms with Crippen LogP contribution >= 0.6 is 0 Å². The van der Waals surface area contributed by atoms with Crippen molar-refractivity contribution in [2.24, 2.45) is 5.73 Å². The molecule has 3 nitrogen and oxygen atoms in total. The SMILES string of the molecule is CCC1CN(c2cccc(CN)c2)CCCO1. The maximum atomic E-state index is 5.79. The average Bonchev–Trinajstić information content (AvgIpc) is 2.64. The second kappa shape index (κ2) is 6.03. The van der Waals surface area contributed by atoms with Crippen LogP contribution in [-0.4, -0.2) is 25.8 Å². The molecule has 0 aliphatic carbocycles. The van der Waals surface area contributed by atoms with E-state index in [1.807, 2.05) is 0 Å². The van der Waals surface area contributed by atoms with Crippen molar-refractivity contribution in [3.63, 3.8) is 0 Å². The molecule has 0 saturated carbocycles. The predicted molar refractivity (Wildman–Crippen MR) is 71.2 cm³/mol. The van der Waals surface area contributed by atoms with Crippen molar-refractivity contribution in [2.75, 3.05) is 24.6 Å². The van der Waals surface area contributed by atoms with Gasteiger partial charge in [0.15, 0.2) is 0 Å². The van der Waals surface area contributed by atoms with Crippen LogP contribution in [-0.2, 0) is 11.3 Å². The first-order chi connectivity index (χ1) is 8.33. The lowest BCUT2D eigenvalue weighted by Crippen LogP contribution is -2.31.